The number of esters is 1. The zero-order valence-electron chi connectivity index (χ0n) is 9.44. The van der Waals surface area contributed by atoms with Gasteiger partial charge in [0, 0.05) is 15.6 Å². The Morgan fingerprint density at radius 1 is 1.39 bits per heavy atom. The van der Waals surface area contributed by atoms with Gasteiger partial charge in [-0.1, -0.05) is 29.3 Å². The van der Waals surface area contributed by atoms with E-state index in [9.17, 15) is 9.59 Å². The Morgan fingerprint density at radius 2 is 2.06 bits per heavy atom. The van der Waals surface area contributed by atoms with Gasteiger partial charge in [-0.05, 0) is 23.8 Å². The van der Waals surface area contributed by atoms with Gasteiger partial charge in [0.25, 0.3) is 0 Å². The van der Waals surface area contributed by atoms with Crippen molar-refractivity contribution in [1.82, 2.24) is 0 Å². The van der Waals surface area contributed by atoms with Gasteiger partial charge in [0.15, 0.2) is 0 Å². The molecule has 0 heterocycles. The largest absolute Gasteiger partial charge is 0.481 e. The molecular weight excluding hydrogens is 279 g/mol. The summed E-state index contributed by atoms with van der Waals surface area (Å²) in [5, 5.41) is 9.50. The van der Waals surface area contributed by atoms with Crippen molar-refractivity contribution in [3.05, 3.63) is 39.4 Å². The molecule has 0 aliphatic rings. The fourth-order valence-electron chi connectivity index (χ4n) is 1.28. The molecule has 6 heteroatoms. The molecule has 1 aromatic carbocycles. The fraction of sp³-hybridized carbons (Fsp3) is 0.167. The first-order valence-corrected chi connectivity index (χ1v) is 5.65. The molecule has 0 spiro atoms. The molecule has 4 nitrogen and oxygen atoms in total. The maximum absolute atomic E-state index is 11.4. The van der Waals surface area contributed by atoms with Crippen LogP contribution in [0.5, 0.6) is 0 Å². The Labute approximate surface area is 114 Å². The molecule has 0 aliphatic heterocycles. The highest BCUT2D eigenvalue weighted by Crippen LogP contribution is 2.24. The molecule has 0 fully saturated rings. The number of carboxylic acids is 1. The highest BCUT2D eigenvalue weighted by atomic mass is 35.5. The quantitative estimate of drug-likeness (QED) is 0.683. The predicted molar refractivity (Wildman–Crippen MR) is 68.7 cm³/mol. The molecule has 0 aromatic heterocycles. The maximum atomic E-state index is 11.4. The number of methoxy groups -OCH3 is 1. The average molecular weight is 289 g/mol. The molecule has 18 heavy (non-hydrogen) atoms. The highest BCUT2D eigenvalue weighted by molar-refractivity contribution is 6.35. The average Bonchev–Trinajstić information content (AvgIpc) is 2.30. The number of carboxylic acid groups (broad SMARTS) is 1. The molecule has 1 N–H and O–H groups in total. The lowest BCUT2D eigenvalue weighted by molar-refractivity contribution is -0.141. The van der Waals surface area contributed by atoms with E-state index in [0.717, 1.165) is 0 Å². The molecule has 0 radical (unpaired) electrons. The SMILES string of the molecule is COC(=O)C(=Cc1ccc(Cl)cc1Cl)CC(=O)O. The fourth-order valence-corrected chi connectivity index (χ4v) is 1.75. The molecule has 0 amide bonds. The molecule has 1 rings (SSSR count). The molecule has 0 bridgehead atoms. The summed E-state index contributed by atoms with van der Waals surface area (Å²) in [6, 6.07) is 4.69. The minimum absolute atomic E-state index is 0.00854. The lowest BCUT2D eigenvalue weighted by Gasteiger charge is -2.04. The number of carbonyl (C=O) groups excluding carboxylic acids is 1. The standard InChI is InChI=1S/C12H10Cl2O4/c1-18-12(17)8(5-11(15)16)4-7-2-3-9(13)6-10(7)14/h2-4,6H,5H2,1H3,(H,15,16). The summed E-state index contributed by atoms with van der Waals surface area (Å²) in [4.78, 5) is 22.1. The summed E-state index contributed by atoms with van der Waals surface area (Å²) >= 11 is 11.7. The van der Waals surface area contributed by atoms with Crippen molar-refractivity contribution in [2.45, 2.75) is 6.42 Å². The van der Waals surface area contributed by atoms with Crippen molar-refractivity contribution in [2.24, 2.45) is 0 Å². The maximum Gasteiger partial charge on any atom is 0.334 e. The first-order valence-electron chi connectivity index (χ1n) is 4.89. The van der Waals surface area contributed by atoms with Gasteiger partial charge >= 0.3 is 11.9 Å². The van der Waals surface area contributed by atoms with Crippen molar-refractivity contribution in [2.75, 3.05) is 7.11 Å². The molecular formula is C12H10Cl2O4. The van der Waals surface area contributed by atoms with Crippen molar-refractivity contribution in [1.29, 1.82) is 0 Å². The molecule has 0 aliphatic carbocycles. The molecule has 0 atom stereocenters. The smallest absolute Gasteiger partial charge is 0.334 e. The van der Waals surface area contributed by atoms with Gasteiger partial charge in [0.05, 0.1) is 13.5 Å². The Hall–Kier alpha value is -1.52. The third-order valence-corrected chi connectivity index (χ3v) is 2.64. The lowest BCUT2D eigenvalue weighted by atomic mass is 10.1. The van der Waals surface area contributed by atoms with Gasteiger partial charge in [-0.2, -0.15) is 0 Å². The lowest BCUT2D eigenvalue weighted by Crippen LogP contribution is -2.09. The number of carbonyl (C=O) groups is 2. The summed E-state index contributed by atoms with van der Waals surface area (Å²) in [6.07, 6.45) is 0.935. The van der Waals surface area contributed by atoms with E-state index in [1.54, 1.807) is 12.1 Å². The topological polar surface area (TPSA) is 63.6 Å². The van der Waals surface area contributed by atoms with E-state index in [0.29, 0.717) is 15.6 Å². The second-order valence-electron chi connectivity index (χ2n) is 3.40. The van der Waals surface area contributed by atoms with E-state index in [1.807, 2.05) is 0 Å². The predicted octanol–water partition coefficient (Wildman–Crippen LogP) is 3.02. The monoisotopic (exact) mass is 288 g/mol. The molecule has 0 saturated carbocycles. The zero-order valence-corrected chi connectivity index (χ0v) is 11.0. The van der Waals surface area contributed by atoms with E-state index in [-0.39, 0.29) is 5.57 Å². The first-order chi connectivity index (χ1) is 8.43. The van der Waals surface area contributed by atoms with E-state index >= 15 is 0 Å². The first kappa shape index (κ1) is 14.5. The van der Waals surface area contributed by atoms with Crippen molar-refractivity contribution in [3.63, 3.8) is 0 Å². The Balaban J connectivity index is 3.14. The van der Waals surface area contributed by atoms with Gasteiger partial charge in [-0.3, -0.25) is 4.79 Å². The van der Waals surface area contributed by atoms with Crippen molar-refractivity contribution < 1.29 is 19.4 Å². The number of ether oxygens (including phenoxy) is 1. The van der Waals surface area contributed by atoms with Crippen LogP contribution in [0.15, 0.2) is 23.8 Å². The van der Waals surface area contributed by atoms with E-state index < -0.39 is 18.4 Å². The Kier molecular flexibility index (Phi) is 5.19. The number of aliphatic carboxylic acids is 1. The van der Waals surface area contributed by atoms with Crippen molar-refractivity contribution >= 4 is 41.2 Å². The summed E-state index contributed by atoms with van der Waals surface area (Å²) < 4.78 is 4.51. The van der Waals surface area contributed by atoms with E-state index in [1.165, 1.54) is 19.3 Å². The third-order valence-electron chi connectivity index (χ3n) is 2.08. The van der Waals surface area contributed by atoms with Crippen LogP contribution in [0.2, 0.25) is 10.0 Å². The number of halogens is 2. The van der Waals surface area contributed by atoms with Crippen LogP contribution in [0.4, 0.5) is 0 Å². The van der Waals surface area contributed by atoms with Gasteiger partial charge in [0.1, 0.15) is 0 Å². The molecule has 0 saturated heterocycles. The molecule has 1 aromatic rings. The number of rotatable bonds is 4. The van der Waals surface area contributed by atoms with E-state index in [2.05, 4.69) is 4.74 Å². The molecule has 96 valence electrons. The van der Waals surface area contributed by atoms with Crippen LogP contribution in [-0.2, 0) is 14.3 Å². The number of benzene rings is 1. The van der Waals surface area contributed by atoms with Crippen molar-refractivity contribution in [3.8, 4) is 0 Å². The highest BCUT2D eigenvalue weighted by Gasteiger charge is 2.14. The Bertz CT molecular complexity index is 509. The van der Waals surface area contributed by atoms with Crippen LogP contribution in [-0.4, -0.2) is 24.2 Å². The van der Waals surface area contributed by atoms with Crippen LogP contribution < -0.4 is 0 Å². The van der Waals surface area contributed by atoms with E-state index in [4.69, 9.17) is 28.3 Å². The normalized spacial score (nSPS) is 11.2. The second-order valence-corrected chi connectivity index (χ2v) is 4.24. The van der Waals surface area contributed by atoms with Crippen LogP contribution >= 0.6 is 23.2 Å². The summed E-state index contributed by atoms with van der Waals surface area (Å²) in [7, 11) is 1.18. The number of hydrogen-bond donors (Lipinski definition) is 1. The van der Waals surface area contributed by atoms with Crippen LogP contribution in [0.3, 0.4) is 0 Å². The summed E-state index contributed by atoms with van der Waals surface area (Å²) in [6.45, 7) is 0. The third kappa shape index (κ3) is 4.05. The number of hydrogen-bond acceptors (Lipinski definition) is 3. The second kappa shape index (κ2) is 6.42. The zero-order chi connectivity index (χ0) is 13.7. The minimum atomic E-state index is -1.13. The van der Waals surface area contributed by atoms with Gasteiger partial charge in [-0.15, -0.1) is 0 Å². The van der Waals surface area contributed by atoms with Crippen LogP contribution in [0.25, 0.3) is 6.08 Å². The summed E-state index contributed by atoms with van der Waals surface area (Å²) in [5.74, 6) is -1.83. The minimum Gasteiger partial charge on any atom is -0.481 e. The van der Waals surface area contributed by atoms with Crippen LogP contribution in [0.1, 0.15) is 12.0 Å². The van der Waals surface area contributed by atoms with Gasteiger partial charge < -0.3 is 9.84 Å². The Morgan fingerprint density at radius 3 is 2.56 bits per heavy atom. The van der Waals surface area contributed by atoms with Gasteiger partial charge in [0.2, 0.25) is 0 Å². The summed E-state index contributed by atoms with van der Waals surface area (Å²) in [5.41, 5.74) is 0.511. The molecule has 0 unspecified atom stereocenters. The van der Waals surface area contributed by atoms with Gasteiger partial charge in [-0.25, -0.2) is 4.79 Å². The van der Waals surface area contributed by atoms with Crippen LogP contribution in [0, 0.1) is 0 Å².